The van der Waals surface area contributed by atoms with Crippen LogP contribution in [0.4, 0.5) is 5.82 Å². The van der Waals surface area contributed by atoms with Crippen molar-refractivity contribution in [2.45, 2.75) is 13.8 Å². The number of carbonyl (C=O) groups excluding carboxylic acids is 1. The topological polar surface area (TPSA) is 36.4 Å². The molecule has 1 saturated heterocycles. The van der Waals surface area contributed by atoms with Crippen molar-refractivity contribution in [1.82, 2.24) is 9.88 Å². The standard InChI is InChI=1S/C18H21N3O/c1-14-6-7-16(15(2)13-14)18(22)21-11-9-20(10-12-21)17-5-3-4-8-19-17/h3-8,13H,9-12H2,1-2H3. The number of pyridine rings is 1. The fourth-order valence-electron chi connectivity index (χ4n) is 2.90. The van der Waals surface area contributed by atoms with Crippen molar-refractivity contribution in [3.8, 4) is 0 Å². The minimum absolute atomic E-state index is 0.137. The van der Waals surface area contributed by atoms with Crippen LogP contribution in [0.15, 0.2) is 42.6 Å². The third-order valence-electron chi connectivity index (χ3n) is 4.15. The third-order valence-corrected chi connectivity index (χ3v) is 4.15. The Kier molecular flexibility index (Phi) is 4.09. The number of hydrogen-bond acceptors (Lipinski definition) is 3. The molecule has 0 aliphatic carbocycles. The Hall–Kier alpha value is -2.36. The summed E-state index contributed by atoms with van der Waals surface area (Å²) < 4.78 is 0. The Morgan fingerprint density at radius 1 is 1.05 bits per heavy atom. The molecule has 0 saturated carbocycles. The first-order valence-corrected chi connectivity index (χ1v) is 7.67. The summed E-state index contributed by atoms with van der Waals surface area (Å²) in [5.74, 6) is 1.12. The Morgan fingerprint density at radius 3 is 2.45 bits per heavy atom. The molecule has 4 nitrogen and oxygen atoms in total. The van der Waals surface area contributed by atoms with E-state index >= 15 is 0 Å². The second-order valence-electron chi connectivity index (χ2n) is 5.79. The lowest BCUT2D eigenvalue weighted by atomic mass is 10.0. The van der Waals surface area contributed by atoms with Gasteiger partial charge in [0.15, 0.2) is 0 Å². The molecular formula is C18H21N3O. The average molecular weight is 295 g/mol. The van der Waals surface area contributed by atoms with Crippen LogP contribution in [-0.2, 0) is 0 Å². The van der Waals surface area contributed by atoms with Crippen molar-refractivity contribution >= 4 is 11.7 Å². The molecule has 22 heavy (non-hydrogen) atoms. The smallest absolute Gasteiger partial charge is 0.254 e. The monoisotopic (exact) mass is 295 g/mol. The van der Waals surface area contributed by atoms with Gasteiger partial charge in [0.25, 0.3) is 5.91 Å². The maximum atomic E-state index is 12.7. The third kappa shape index (κ3) is 2.96. The van der Waals surface area contributed by atoms with Crippen LogP contribution in [0.1, 0.15) is 21.5 Å². The molecule has 1 aromatic carbocycles. The Morgan fingerprint density at radius 2 is 1.82 bits per heavy atom. The molecule has 0 unspecified atom stereocenters. The van der Waals surface area contributed by atoms with E-state index in [2.05, 4.69) is 16.0 Å². The highest BCUT2D eigenvalue weighted by atomic mass is 16.2. The van der Waals surface area contributed by atoms with Crippen LogP contribution in [0.2, 0.25) is 0 Å². The number of benzene rings is 1. The van der Waals surface area contributed by atoms with Gasteiger partial charge in [-0.25, -0.2) is 4.98 Å². The van der Waals surface area contributed by atoms with Crippen molar-refractivity contribution in [1.29, 1.82) is 0 Å². The molecule has 0 bridgehead atoms. The van der Waals surface area contributed by atoms with E-state index in [0.29, 0.717) is 0 Å². The molecular weight excluding hydrogens is 274 g/mol. The molecule has 0 N–H and O–H groups in total. The van der Waals surface area contributed by atoms with Gasteiger partial charge in [-0.15, -0.1) is 0 Å². The quantitative estimate of drug-likeness (QED) is 0.854. The van der Waals surface area contributed by atoms with Gasteiger partial charge in [-0.05, 0) is 37.6 Å². The Labute approximate surface area is 131 Å². The van der Waals surface area contributed by atoms with E-state index in [0.717, 1.165) is 43.1 Å². The van der Waals surface area contributed by atoms with Gasteiger partial charge >= 0.3 is 0 Å². The minimum atomic E-state index is 0.137. The molecule has 0 atom stereocenters. The van der Waals surface area contributed by atoms with E-state index in [1.807, 2.05) is 55.3 Å². The lowest BCUT2D eigenvalue weighted by Gasteiger charge is -2.35. The number of amides is 1. The number of piperazine rings is 1. The minimum Gasteiger partial charge on any atom is -0.353 e. The number of nitrogens with zero attached hydrogens (tertiary/aromatic N) is 3. The molecule has 1 fully saturated rings. The Balaban J connectivity index is 1.67. The SMILES string of the molecule is Cc1ccc(C(=O)N2CCN(c3ccccn3)CC2)c(C)c1. The fraction of sp³-hybridized carbons (Fsp3) is 0.333. The summed E-state index contributed by atoms with van der Waals surface area (Å²) in [6.45, 7) is 7.18. The maximum Gasteiger partial charge on any atom is 0.254 e. The van der Waals surface area contributed by atoms with Crippen LogP contribution in [-0.4, -0.2) is 42.0 Å². The van der Waals surface area contributed by atoms with Crippen molar-refractivity contribution in [2.75, 3.05) is 31.1 Å². The summed E-state index contributed by atoms with van der Waals surface area (Å²) in [5, 5.41) is 0. The second-order valence-corrected chi connectivity index (χ2v) is 5.79. The predicted octanol–water partition coefficient (Wildman–Crippen LogP) is 2.66. The van der Waals surface area contributed by atoms with Crippen LogP contribution < -0.4 is 4.90 Å². The highest BCUT2D eigenvalue weighted by Crippen LogP contribution is 2.17. The van der Waals surface area contributed by atoms with Crippen LogP contribution >= 0.6 is 0 Å². The molecule has 0 radical (unpaired) electrons. The van der Waals surface area contributed by atoms with Crippen molar-refractivity contribution < 1.29 is 4.79 Å². The van der Waals surface area contributed by atoms with Gasteiger partial charge in [-0.1, -0.05) is 23.8 Å². The largest absolute Gasteiger partial charge is 0.353 e. The molecule has 1 aliphatic rings. The first kappa shape index (κ1) is 14.6. The highest BCUT2D eigenvalue weighted by molar-refractivity contribution is 5.95. The van der Waals surface area contributed by atoms with E-state index in [4.69, 9.17) is 0 Å². The molecule has 1 amide bonds. The lowest BCUT2D eigenvalue weighted by Crippen LogP contribution is -2.49. The summed E-state index contributed by atoms with van der Waals surface area (Å²) >= 11 is 0. The van der Waals surface area contributed by atoms with Crippen LogP contribution in [0.25, 0.3) is 0 Å². The molecule has 3 rings (SSSR count). The van der Waals surface area contributed by atoms with Crippen LogP contribution in [0.5, 0.6) is 0 Å². The van der Waals surface area contributed by atoms with Gasteiger partial charge in [0.1, 0.15) is 5.82 Å². The number of rotatable bonds is 2. The number of aryl methyl sites for hydroxylation is 2. The summed E-state index contributed by atoms with van der Waals surface area (Å²) in [4.78, 5) is 21.2. The van der Waals surface area contributed by atoms with Crippen LogP contribution in [0, 0.1) is 13.8 Å². The van der Waals surface area contributed by atoms with Gasteiger partial charge in [0.05, 0.1) is 0 Å². The second kappa shape index (κ2) is 6.18. The molecule has 2 aromatic rings. The molecule has 4 heteroatoms. The van der Waals surface area contributed by atoms with Gasteiger partial charge in [-0.3, -0.25) is 4.79 Å². The van der Waals surface area contributed by atoms with Crippen molar-refractivity contribution in [2.24, 2.45) is 0 Å². The van der Waals surface area contributed by atoms with Gasteiger partial charge in [0.2, 0.25) is 0 Å². The highest BCUT2D eigenvalue weighted by Gasteiger charge is 2.23. The lowest BCUT2D eigenvalue weighted by molar-refractivity contribution is 0.0746. The van der Waals surface area contributed by atoms with E-state index in [-0.39, 0.29) is 5.91 Å². The molecule has 1 aromatic heterocycles. The maximum absolute atomic E-state index is 12.7. The van der Waals surface area contributed by atoms with Gasteiger partial charge in [-0.2, -0.15) is 0 Å². The number of hydrogen-bond donors (Lipinski definition) is 0. The van der Waals surface area contributed by atoms with Gasteiger partial charge in [0, 0.05) is 37.9 Å². The molecule has 1 aliphatic heterocycles. The van der Waals surface area contributed by atoms with E-state index in [1.54, 1.807) is 0 Å². The average Bonchev–Trinajstić information content (AvgIpc) is 2.55. The zero-order valence-electron chi connectivity index (χ0n) is 13.1. The Bertz CT molecular complexity index is 661. The van der Waals surface area contributed by atoms with Crippen LogP contribution in [0.3, 0.4) is 0 Å². The van der Waals surface area contributed by atoms with E-state index < -0.39 is 0 Å². The normalized spacial score (nSPS) is 15.0. The van der Waals surface area contributed by atoms with Crippen molar-refractivity contribution in [3.63, 3.8) is 0 Å². The fourth-order valence-corrected chi connectivity index (χ4v) is 2.90. The molecule has 0 spiro atoms. The number of carbonyl (C=O) groups is 1. The number of anilines is 1. The summed E-state index contributed by atoms with van der Waals surface area (Å²) in [7, 11) is 0. The molecule has 114 valence electrons. The van der Waals surface area contributed by atoms with E-state index in [9.17, 15) is 4.79 Å². The van der Waals surface area contributed by atoms with Crippen molar-refractivity contribution in [3.05, 3.63) is 59.3 Å². The van der Waals surface area contributed by atoms with Gasteiger partial charge < -0.3 is 9.80 Å². The zero-order chi connectivity index (χ0) is 15.5. The molecule has 2 heterocycles. The number of aromatic nitrogens is 1. The summed E-state index contributed by atoms with van der Waals surface area (Å²) in [5.41, 5.74) is 3.06. The first-order chi connectivity index (χ1) is 10.6. The first-order valence-electron chi connectivity index (χ1n) is 7.67. The zero-order valence-corrected chi connectivity index (χ0v) is 13.1. The predicted molar refractivity (Wildman–Crippen MR) is 88.3 cm³/mol. The summed E-state index contributed by atoms with van der Waals surface area (Å²) in [6, 6.07) is 11.9. The summed E-state index contributed by atoms with van der Waals surface area (Å²) in [6.07, 6.45) is 1.81. The van der Waals surface area contributed by atoms with E-state index in [1.165, 1.54) is 5.56 Å².